The first-order valence-corrected chi connectivity index (χ1v) is 8.67. The first kappa shape index (κ1) is 24.6. The largest absolute Gasteiger partial charge is 0.354 e. The lowest BCUT2D eigenvalue weighted by Gasteiger charge is -2.34. The van der Waals surface area contributed by atoms with Gasteiger partial charge in [0.1, 0.15) is 5.82 Å². The first-order valence-electron chi connectivity index (χ1n) is 7.88. The van der Waals surface area contributed by atoms with Crippen molar-refractivity contribution in [1.29, 1.82) is 0 Å². The number of rotatable bonds is 7. The Hall–Kier alpha value is -0.440. The van der Waals surface area contributed by atoms with Crippen LogP contribution in [0.5, 0.6) is 0 Å². The molecule has 1 aliphatic heterocycles. The van der Waals surface area contributed by atoms with Crippen molar-refractivity contribution in [2.45, 2.75) is 6.54 Å². The molecule has 0 aliphatic carbocycles. The Morgan fingerprint density at radius 1 is 1.16 bits per heavy atom. The maximum Gasteiger partial charge on any atom is 0.234 e. The topological polar surface area (TPSA) is 47.6 Å². The third-order valence-corrected chi connectivity index (χ3v) is 4.43. The third-order valence-electron chi connectivity index (χ3n) is 3.94. The Morgan fingerprint density at radius 2 is 1.80 bits per heavy atom. The normalized spacial score (nSPS) is 15.2. The quantitative estimate of drug-likeness (QED) is 0.611. The molecule has 0 aromatic heterocycles. The summed E-state index contributed by atoms with van der Waals surface area (Å²) in [5.74, 6) is -0.113. The van der Waals surface area contributed by atoms with E-state index in [1.807, 2.05) is 19.2 Å². The highest BCUT2D eigenvalue weighted by Crippen LogP contribution is 2.17. The molecule has 1 aliphatic rings. The molecule has 2 rings (SSSR count). The standard InChI is InChI=1S/C16H24BrFN4O.2ClH/c1-19-4-5-20-16(23)12-22-8-6-21(7-9-22)11-13-2-3-14(17)10-15(13)18;;/h2-3,10,19H,4-9,11-12H2,1H3,(H,20,23);2*1H. The van der Waals surface area contributed by atoms with Gasteiger partial charge in [-0.05, 0) is 19.2 Å². The van der Waals surface area contributed by atoms with Crippen LogP contribution in [0, 0.1) is 5.82 Å². The summed E-state index contributed by atoms with van der Waals surface area (Å²) >= 11 is 3.27. The van der Waals surface area contributed by atoms with Gasteiger partial charge in [-0.15, -0.1) is 24.8 Å². The van der Waals surface area contributed by atoms with E-state index in [0.717, 1.165) is 37.2 Å². The summed E-state index contributed by atoms with van der Waals surface area (Å²) in [6.45, 7) is 5.83. The predicted molar refractivity (Wildman–Crippen MR) is 107 cm³/mol. The van der Waals surface area contributed by atoms with Gasteiger partial charge in [-0.1, -0.05) is 22.0 Å². The molecule has 25 heavy (non-hydrogen) atoms. The number of piperazine rings is 1. The minimum atomic E-state index is -0.175. The van der Waals surface area contributed by atoms with Crippen LogP contribution in [0.15, 0.2) is 22.7 Å². The Kier molecular flexibility index (Phi) is 12.6. The van der Waals surface area contributed by atoms with Crippen LogP contribution in [-0.2, 0) is 11.3 Å². The van der Waals surface area contributed by atoms with Gasteiger partial charge >= 0.3 is 0 Å². The van der Waals surface area contributed by atoms with Crippen LogP contribution >= 0.6 is 40.7 Å². The molecule has 0 atom stereocenters. The van der Waals surface area contributed by atoms with E-state index in [4.69, 9.17) is 0 Å². The molecule has 1 heterocycles. The summed E-state index contributed by atoms with van der Waals surface area (Å²) in [5.41, 5.74) is 0.714. The Labute approximate surface area is 169 Å². The molecule has 0 radical (unpaired) electrons. The molecule has 2 N–H and O–H groups in total. The fraction of sp³-hybridized carbons (Fsp3) is 0.562. The summed E-state index contributed by atoms with van der Waals surface area (Å²) in [5, 5.41) is 5.88. The smallest absolute Gasteiger partial charge is 0.234 e. The van der Waals surface area contributed by atoms with Crippen LogP contribution < -0.4 is 10.6 Å². The second kappa shape index (κ2) is 12.8. The molecule has 0 spiro atoms. The summed E-state index contributed by atoms with van der Waals surface area (Å²) in [6.07, 6.45) is 0. The van der Waals surface area contributed by atoms with E-state index in [1.54, 1.807) is 0 Å². The molecule has 0 bridgehead atoms. The van der Waals surface area contributed by atoms with Crippen LogP contribution in [0.1, 0.15) is 5.56 Å². The van der Waals surface area contributed by atoms with Gasteiger partial charge in [0.25, 0.3) is 0 Å². The van der Waals surface area contributed by atoms with E-state index in [9.17, 15) is 9.18 Å². The minimum Gasteiger partial charge on any atom is -0.354 e. The van der Waals surface area contributed by atoms with Crippen molar-refractivity contribution >= 4 is 46.7 Å². The average molecular weight is 460 g/mol. The van der Waals surface area contributed by atoms with Crippen molar-refractivity contribution in [1.82, 2.24) is 20.4 Å². The number of benzene rings is 1. The molecule has 1 amide bonds. The molecule has 0 saturated carbocycles. The van der Waals surface area contributed by atoms with Gasteiger partial charge in [-0.25, -0.2) is 4.39 Å². The molecule has 1 aromatic carbocycles. The van der Waals surface area contributed by atoms with E-state index in [1.165, 1.54) is 6.07 Å². The zero-order valence-electron chi connectivity index (χ0n) is 14.3. The van der Waals surface area contributed by atoms with Gasteiger partial charge in [0.15, 0.2) is 0 Å². The van der Waals surface area contributed by atoms with E-state index >= 15 is 0 Å². The van der Waals surface area contributed by atoms with Crippen molar-refractivity contribution in [3.8, 4) is 0 Å². The van der Waals surface area contributed by atoms with E-state index in [2.05, 4.69) is 36.4 Å². The first-order chi connectivity index (χ1) is 11.1. The number of carbonyl (C=O) groups is 1. The fourth-order valence-electron chi connectivity index (χ4n) is 2.58. The van der Waals surface area contributed by atoms with Gasteiger partial charge in [0.2, 0.25) is 5.91 Å². The van der Waals surface area contributed by atoms with Crippen molar-refractivity contribution < 1.29 is 9.18 Å². The fourth-order valence-corrected chi connectivity index (χ4v) is 2.92. The Balaban J connectivity index is 0.00000288. The third kappa shape index (κ3) is 8.66. The summed E-state index contributed by atoms with van der Waals surface area (Å²) in [7, 11) is 1.86. The lowest BCUT2D eigenvalue weighted by molar-refractivity contribution is -0.122. The Morgan fingerprint density at radius 3 is 2.40 bits per heavy atom. The second-order valence-electron chi connectivity index (χ2n) is 5.74. The number of nitrogens with zero attached hydrogens (tertiary/aromatic N) is 2. The molecular weight excluding hydrogens is 434 g/mol. The maximum atomic E-state index is 13.9. The highest BCUT2D eigenvalue weighted by Gasteiger charge is 2.19. The summed E-state index contributed by atoms with van der Waals surface area (Å²) in [6, 6.07) is 5.19. The monoisotopic (exact) mass is 458 g/mol. The van der Waals surface area contributed by atoms with Crippen molar-refractivity contribution in [2.75, 3.05) is 52.9 Å². The summed E-state index contributed by atoms with van der Waals surface area (Å²) < 4.78 is 14.6. The van der Waals surface area contributed by atoms with Gasteiger partial charge in [-0.2, -0.15) is 0 Å². The zero-order valence-corrected chi connectivity index (χ0v) is 17.5. The van der Waals surface area contributed by atoms with Crippen LogP contribution in [0.2, 0.25) is 0 Å². The van der Waals surface area contributed by atoms with E-state index in [0.29, 0.717) is 25.2 Å². The number of hydrogen-bond donors (Lipinski definition) is 2. The van der Waals surface area contributed by atoms with Crippen LogP contribution in [-0.4, -0.2) is 68.6 Å². The van der Waals surface area contributed by atoms with Gasteiger partial charge < -0.3 is 10.6 Å². The average Bonchev–Trinajstić information content (AvgIpc) is 2.52. The molecule has 1 fully saturated rings. The molecule has 144 valence electrons. The van der Waals surface area contributed by atoms with E-state index in [-0.39, 0.29) is 36.5 Å². The van der Waals surface area contributed by atoms with Gasteiger partial charge in [-0.3, -0.25) is 14.6 Å². The second-order valence-corrected chi connectivity index (χ2v) is 6.66. The predicted octanol–water partition coefficient (Wildman–Crippen LogP) is 1.89. The Bertz CT molecular complexity index is 531. The lowest BCUT2D eigenvalue weighted by Crippen LogP contribution is -2.49. The highest BCUT2D eigenvalue weighted by molar-refractivity contribution is 9.10. The van der Waals surface area contributed by atoms with Crippen LogP contribution in [0.4, 0.5) is 4.39 Å². The SMILES string of the molecule is CNCCNC(=O)CN1CCN(Cc2ccc(Br)cc2F)CC1.Cl.Cl. The molecule has 1 aromatic rings. The zero-order chi connectivity index (χ0) is 16.7. The van der Waals surface area contributed by atoms with Crippen LogP contribution in [0.25, 0.3) is 0 Å². The van der Waals surface area contributed by atoms with Gasteiger partial charge in [0.05, 0.1) is 6.54 Å². The number of nitrogens with one attached hydrogen (secondary N) is 2. The van der Waals surface area contributed by atoms with E-state index < -0.39 is 0 Å². The number of halogens is 4. The molecular formula is C16H26BrCl2FN4O. The van der Waals surface area contributed by atoms with Crippen molar-refractivity contribution in [3.63, 3.8) is 0 Å². The van der Waals surface area contributed by atoms with Crippen molar-refractivity contribution in [2.24, 2.45) is 0 Å². The molecule has 9 heteroatoms. The molecule has 0 unspecified atom stereocenters. The number of hydrogen-bond acceptors (Lipinski definition) is 4. The minimum absolute atomic E-state index is 0. The molecule has 5 nitrogen and oxygen atoms in total. The molecule has 1 saturated heterocycles. The number of amides is 1. The van der Waals surface area contributed by atoms with Crippen molar-refractivity contribution in [3.05, 3.63) is 34.1 Å². The number of carbonyl (C=O) groups excluding carboxylic acids is 1. The lowest BCUT2D eigenvalue weighted by atomic mass is 10.2. The highest BCUT2D eigenvalue weighted by atomic mass is 79.9. The number of likely N-dealkylation sites (N-methyl/N-ethyl adjacent to an activating group) is 1. The van der Waals surface area contributed by atoms with Crippen LogP contribution in [0.3, 0.4) is 0 Å². The maximum absolute atomic E-state index is 13.9. The summed E-state index contributed by atoms with van der Waals surface area (Å²) in [4.78, 5) is 16.2. The van der Waals surface area contributed by atoms with Gasteiger partial charge in [0, 0.05) is 55.8 Å².